The molecule has 0 radical (unpaired) electrons. The highest BCUT2D eigenvalue weighted by Gasteiger charge is 2.23. The van der Waals surface area contributed by atoms with Crippen LogP contribution in [0.3, 0.4) is 0 Å². The van der Waals surface area contributed by atoms with E-state index in [0.29, 0.717) is 24.0 Å². The first-order valence-electron chi connectivity index (χ1n) is 9.10. The van der Waals surface area contributed by atoms with Crippen LogP contribution in [0.4, 0.5) is 5.69 Å². The van der Waals surface area contributed by atoms with E-state index in [1.54, 1.807) is 7.11 Å². The number of aromatic nitrogens is 2. The molecule has 27 heavy (non-hydrogen) atoms. The van der Waals surface area contributed by atoms with Gasteiger partial charge < -0.3 is 14.5 Å². The number of aryl methyl sites for hydroxylation is 2. The zero-order valence-electron chi connectivity index (χ0n) is 16.4. The molecule has 1 aliphatic rings. The molecular formula is C20H26N4O2S. The molecule has 6 nitrogen and oxygen atoms in total. The average Bonchev–Trinajstić information content (AvgIpc) is 2.70. The predicted molar refractivity (Wildman–Crippen MR) is 109 cm³/mol. The normalized spacial score (nSPS) is 14.4. The lowest BCUT2D eigenvalue weighted by atomic mass is 10.2. The second kappa shape index (κ2) is 8.61. The lowest BCUT2D eigenvalue weighted by Crippen LogP contribution is -2.49. The molecule has 2 heterocycles. The molecule has 2 aromatic rings. The van der Waals surface area contributed by atoms with Crippen molar-refractivity contribution < 1.29 is 9.53 Å². The van der Waals surface area contributed by atoms with Crippen molar-refractivity contribution in [3.63, 3.8) is 0 Å². The standard InChI is InChI=1S/C20H26N4O2S/c1-14-15(2)21-20(22-16(14)3)27-13-19(25)24-11-9-23(10-12-24)17-7-5-6-8-18(17)26-4/h5-8H,9-13H2,1-4H3. The maximum atomic E-state index is 12.6. The minimum absolute atomic E-state index is 0.138. The van der Waals surface area contributed by atoms with Gasteiger partial charge in [-0.15, -0.1) is 0 Å². The Morgan fingerprint density at radius 1 is 1.07 bits per heavy atom. The van der Waals surface area contributed by atoms with Crippen LogP contribution in [0.2, 0.25) is 0 Å². The Morgan fingerprint density at radius 3 is 2.33 bits per heavy atom. The molecular weight excluding hydrogens is 360 g/mol. The minimum atomic E-state index is 0.138. The van der Waals surface area contributed by atoms with Gasteiger partial charge in [-0.3, -0.25) is 4.79 Å². The van der Waals surface area contributed by atoms with Crippen LogP contribution in [0.15, 0.2) is 29.4 Å². The molecule has 7 heteroatoms. The molecule has 0 saturated carbocycles. The number of thioether (sulfide) groups is 1. The van der Waals surface area contributed by atoms with Crippen LogP contribution in [0, 0.1) is 20.8 Å². The minimum Gasteiger partial charge on any atom is -0.495 e. The summed E-state index contributed by atoms with van der Waals surface area (Å²) < 4.78 is 5.45. The maximum absolute atomic E-state index is 12.6. The highest BCUT2D eigenvalue weighted by Crippen LogP contribution is 2.28. The molecule has 0 N–H and O–H groups in total. The number of methoxy groups -OCH3 is 1. The number of para-hydroxylation sites is 2. The number of piperazine rings is 1. The first-order chi connectivity index (χ1) is 13.0. The summed E-state index contributed by atoms with van der Waals surface area (Å²) in [6.45, 7) is 9.01. The maximum Gasteiger partial charge on any atom is 0.233 e. The zero-order valence-corrected chi connectivity index (χ0v) is 17.2. The van der Waals surface area contributed by atoms with E-state index >= 15 is 0 Å². The summed E-state index contributed by atoms with van der Waals surface area (Å²) in [5.41, 5.74) is 4.14. The number of nitrogens with zero attached hydrogens (tertiary/aromatic N) is 4. The molecule has 0 unspecified atom stereocenters. The van der Waals surface area contributed by atoms with Gasteiger partial charge in [0.25, 0.3) is 0 Å². The quantitative estimate of drug-likeness (QED) is 0.582. The van der Waals surface area contributed by atoms with E-state index in [9.17, 15) is 4.79 Å². The first-order valence-corrected chi connectivity index (χ1v) is 10.1. The van der Waals surface area contributed by atoms with Gasteiger partial charge in [0.1, 0.15) is 5.75 Å². The van der Waals surface area contributed by atoms with Gasteiger partial charge in [-0.1, -0.05) is 23.9 Å². The van der Waals surface area contributed by atoms with Gasteiger partial charge in [0.05, 0.1) is 18.6 Å². The Morgan fingerprint density at radius 2 is 1.70 bits per heavy atom. The van der Waals surface area contributed by atoms with Crippen LogP contribution in [0.5, 0.6) is 5.75 Å². The second-order valence-electron chi connectivity index (χ2n) is 6.63. The number of benzene rings is 1. The fraction of sp³-hybridized carbons (Fsp3) is 0.450. The SMILES string of the molecule is COc1ccccc1N1CCN(C(=O)CSc2nc(C)c(C)c(C)n2)CC1. The molecule has 144 valence electrons. The second-order valence-corrected chi connectivity index (χ2v) is 7.57. The Labute approximate surface area is 164 Å². The van der Waals surface area contributed by atoms with Gasteiger partial charge in [-0.25, -0.2) is 9.97 Å². The first kappa shape index (κ1) is 19.5. The van der Waals surface area contributed by atoms with Crippen molar-refractivity contribution in [3.8, 4) is 5.75 Å². The highest BCUT2D eigenvalue weighted by molar-refractivity contribution is 7.99. The van der Waals surface area contributed by atoms with Gasteiger partial charge in [0, 0.05) is 37.6 Å². The lowest BCUT2D eigenvalue weighted by Gasteiger charge is -2.36. The number of hydrogen-bond acceptors (Lipinski definition) is 6. The summed E-state index contributed by atoms with van der Waals surface area (Å²) >= 11 is 1.42. The number of carbonyl (C=O) groups is 1. The van der Waals surface area contributed by atoms with E-state index in [2.05, 4.69) is 20.9 Å². The van der Waals surface area contributed by atoms with Gasteiger partial charge in [-0.05, 0) is 38.5 Å². The van der Waals surface area contributed by atoms with Gasteiger partial charge in [-0.2, -0.15) is 0 Å². The molecule has 1 fully saturated rings. The molecule has 0 atom stereocenters. The summed E-state index contributed by atoms with van der Waals surface area (Å²) in [5.74, 6) is 1.38. The van der Waals surface area contributed by atoms with Gasteiger partial charge in [0.15, 0.2) is 5.16 Å². The van der Waals surface area contributed by atoms with Crippen LogP contribution >= 0.6 is 11.8 Å². The summed E-state index contributed by atoms with van der Waals surface area (Å²) in [4.78, 5) is 25.7. The number of carbonyl (C=O) groups excluding carboxylic acids is 1. The Bertz CT molecular complexity index is 796. The molecule has 1 aromatic carbocycles. The summed E-state index contributed by atoms with van der Waals surface area (Å²) in [5, 5.41) is 0.677. The van der Waals surface area contributed by atoms with Crippen molar-refractivity contribution in [3.05, 3.63) is 41.2 Å². The Kier molecular flexibility index (Phi) is 6.21. The van der Waals surface area contributed by atoms with E-state index in [1.807, 2.05) is 43.9 Å². The topological polar surface area (TPSA) is 58.6 Å². The monoisotopic (exact) mass is 386 g/mol. The Balaban J connectivity index is 1.54. The van der Waals surface area contributed by atoms with Gasteiger partial charge >= 0.3 is 0 Å². The van der Waals surface area contributed by atoms with E-state index in [4.69, 9.17) is 4.74 Å². The van der Waals surface area contributed by atoms with Crippen molar-refractivity contribution in [2.75, 3.05) is 43.9 Å². The zero-order chi connectivity index (χ0) is 19.4. The number of rotatable bonds is 5. The lowest BCUT2D eigenvalue weighted by molar-refractivity contribution is -0.128. The van der Waals surface area contributed by atoms with Crippen molar-refractivity contribution in [1.29, 1.82) is 0 Å². The number of amides is 1. The van der Waals surface area contributed by atoms with E-state index in [1.165, 1.54) is 11.8 Å². The van der Waals surface area contributed by atoms with Crippen LogP contribution in [-0.2, 0) is 4.79 Å². The van der Waals surface area contributed by atoms with Crippen molar-refractivity contribution >= 4 is 23.4 Å². The van der Waals surface area contributed by atoms with Crippen molar-refractivity contribution in [2.24, 2.45) is 0 Å². The largest absolute Gasteiger partial charge is 0.495 e. The molecule has 3 rings (SSSR count). The third-order valence-corrected chi connectivity index (χ3v) is 5.83. The number of hydrogen-bond donors (Lipinski definition) is 0. The smallest absolute Gasteiger partial charge is 0.233 e. The number of ether oxygens (including phenoxy) is 1. The molecule has 0 bridgehead atoms. The summed E-state index contributed by atoms with van der Waals surface area (Å²) in [6, 6.07) is 8.01. The van der Waals surface area contributed by atoms with Crippen LogP contribution in [-0.4, -0.2) is 59.8 Å². The molecule has 1 amide bonds. The van der Waals surface area contributed by atoms with Crippen LogP contribution in [0.25, 0.3) is 0 Å². The third-order valence-electron chi connectivity index (χ3n) is 5.00. The highest BCUT2D eigenvalue weighted by atomic mass is 32.2. The predicted octanol–water partition coefficient (Wildman–Crippen LogP) is 2.85. The van der Waals surface area contributed by atoms with E-state index < -0.39 is 0 Å². The molecule has 1 aromatic heterocycles. The molecule has 0 aliphatic carbocycles. The average molecular weight is 387 g/mol. The summed E-state index contributed by atoms with van der Waals surface area (Å²) in [7, 11) is 1.69. The van der Waals surface area contributed by atoms with Gasteiger partial charge in [0.2, 0.25) is 5.91 Å². The summed E-state index contributed by atoms with van der Waals surface area (Å²) in [6.07, 6.45) is 0. The van der Waals surface area contributed by atoms with E-state index in [-0.39, 0.29) is 5.91 Å². The molecule has 1 saturated heterocycles. The third kappa shape index (κ3) is 4.53. The molecule has 0 spiro atoms. The van der Waals surface area contributed by atoms with Crippen LogP contribution in [0.1, 0.15) is 17.0 Å². The Hall–Kier alpha value is -2.28. The van der Waals surface area contributed by atoms with Crippen LogP contribution < -0.4 is 9.64 Å². The van der Waals surface area contributed by atoms with E-state index in [0.717, 1.165) is 41.5 Å². The van der Waals surface area contributed by atoms with Crippen molar-refractivity contribution in [2.45, 2.75) is 25.9 Å². The molecule has 1 aliphatic heterocycles. The number of anilines is 1. The van der Waals surface area contributed by atoms with Crippen molar-refractivity contribution in [1.82, 2.24) is 14.9 Å². The fourth-order valence-electron chi connectivity index (χ4n) is 3.11. The fourth-order valence-corrected chi connectivity index (χ4v) is 3.95.